The Morgan fingerprint density at radius 1 is 1.24 bits per heavy atom. The summed E-state index contributed by atoms with van der Waals surface area (Å²) in [6.45, 7) is 0. The van der Waals surface area contributed by atoms with Gasteiger partial charge in [0.25, 0.3) is 0 Å². The molecule has 0 amide bonds. The van der Waals surface area contributed by atoms with Gasteiger partial charge in [0.15, 0.2) is 0 Å². The molecule has 0 aliphatic rings. The Kier molecular flexibility index (Phi) is 4.51. The number of aromatic nitrogens is 2. The molecule has 3 nitrogen and oxygen atoms in total. The monoisotopic (exact) mass is 272 g/mol. The molecule has 0 unspecified atom stereocenters. The molecule has 0 saturated carbocycles. The normalized spacial score (nSPS) is 11.2. The van der Waals surface area contributed by atoms with Gasteiger partial charge in [-0.25, -0.2) is 4.98 Å². The minimum atomic E-state index is 0.0744. The molecule has 5 heteroatoms. The van der Waals surface area contributed by atoms with Gasteiger partial charge in [-0.1, -0.05) is 0 Å². The highest BCUT2D eigenvalue weighted by atomic mass is 35.5. The van der Waals surface area contributed by atoms with E-state index in [4.69, 9.17) is 27.9 Å². The van der Waals surface area contributed by atoms with E-state index in [0.29, 0.717) is 11.8 Å². The largest absolute Gasteiger partial charge is 0.490 e. The highest BCUT2D eigenvalue weighted by Crippen LogP contribution is 2.20. The van der Waals surface area contributed by atoms with Crippen molar-refractivity contribution in [2.75, 3.05) is 11.8 Å². The molecule has 2 aromatic rings. The number of hydrogen-bond acceptors (Lipinski definition) is 2. The van der Waals surface area contributed by atoms with Crippen molar-refractivity contribution >= 4 is 34.2 Å². The first-order valence-corrected chi connectivity index (χ1v) is 6.62. The van der Waals surface area contributed by atoms with Crippen molar-refractivity contribution < 1.29 is 4.74 Å². The van der Waals surface area contributed by atoms with Gasteiger partial charge in [-0.15, -0.1) is 23.2 Å². The van der Waals surface area contributed by atoms with Gasteiger partial charge in [0, 0.05) is 17.8 Å². The lowest BCUT2D eigenvalue weighted by molar-refractivity contribution is 0.195. The van der Waals surface area contributed by atoms with Crippen LogP contribution in [0.4, 0.5) is 0 Å². The maximum absolute atomic E-state index is 5.86. The average Bonchev–Trinajstić information content (AvgIpc) is 2.77. The molecule has 1 N–H and O–H groups in total. The van der Waals surface area contributed by atoms with Gasteiger partial charge in [0.2, 0.25) is 0 Å². The Balaban J connectivity index is 2.09. The van der Waals surface area contributed by atoms with Gasteiger partial charge in [0.05, 0.1) is 17.4 Å². The molecule has 1 aromatic carbocycles. The molecule has 0 aliphatic carbocycles. The first-order chi connectivity index (χ1) is 8.33. The average molecular weight is 273 g/mol. The summed E-state index contributed by atoms with van der Waals surface area (Å²) in [5, 5.41) is 0. The molecule has 17 heavy (non-hydrogen) atoms. The van der Waals surface area contributed by atoms with Gasteiger partial charge in [-0.2, -0.15) is 0 Å². The van der Waals surface area contributed by atoms with Crippen molar-refractivity contribution in [3.63, 3.8) is 0 Å². The summed E-state index contributed by atoms with van der Waals surface area (Å²) in [5.74, 6) is 1.98. The zero-order valence-corrected chi connectivity index (χ0v) is 10.8. The highest BCUT2D eigenvalue weighted by Gasteiger charge is 2.10. The fraction of sp³-hybridized carbons (Fsp3) is 0.417. The van der Waals surface area contributed by atoms with E-state index in [-0.39, 0.29) is 6.10 Å². The number of H-pyrrole nitrogens is 1. The highest BCUT2D eigenvalue weighted by molar-refractivity contribution is 6.18. The minimum absolute atomic E-state index is 0.0744. The van der Waals surface area contributed by atoms with E-state index in [0.717, 1.165) is 29.6 Å². The lowest BCUT2D eigenvalue weighted by atomic mass is 10.2. The molecule has 1 aromatic heterocycles. The standard InChI is InChI=1S/C12H14Cl2N2O/c13-5-3-9(4-6-14)17-10-1-2-11-12(7-10)16-8-15-11/h1-2,7-9H,3-6H2,(H,15,16). The second-order valence-corrected chi connectivity index (χ2v) is 4.53. The predicted octanol–water partition coefficient (Wildman–Crippen LogP) is 3.57. The summed E-state index contributed by atoms with van der Waals surface area (Å²) >= 11 is 11.5. The third kappa shape index (κ3) is 3.27. The first kappa shape index (κ1) is 12.5. The Labute approximate surface area is 110 Å². The van der Waals surface area contributed by atoms with Gasteiger partial charge in [-0.3, -0.25) is 0 Å². The molecule has 0 aliphatic heterocycles. The number of alkyl halides is 2. The number of hydrogen-bond donors (Lipinski definition) is 1. The van der Waals surface area contributed by atoms with Crippen LogP contribution >= 0.6 is 23.2 Å². The van der Waals surface area contributed by atoms with Crippen LogP contribution in [0.5, 0.6) is 5.75 Å². The Bertz CT molecular complexity index is 466. The van der Waals surface area contributed by atoms with Crippen LogP contribution in [0.25, 0.3) is 11.0 Å². The quantitative estimate of drug-likeness (QED) is 0.817. The van der Waals surface area contributed by atoms with E-state index in [1.807, 2.05) is 18.2 Å². The number of ether oxygens (including phenoxy) is 1. The SMILES string of the molecule is ClCCC(CCCl)Oc1ccc2nc[nH]c2c1. The summed E-state index contributed by atoms with van der Waals surface area (Å²) in [5.41, 5.74) is 1.90. The van der Waals surface area contributed by atoms with Crippen molar-refractivity contribution in [2.24, 2.45) is 0 Å². The van der Waals surface area contributed by atoms with Gasteiger partial charge in [0.1, 0.15) is 11.9 Å². The summed E-state index contributed by atoms with van der Waals surface area (Å²) < 4.78 is 5.86. The second kappa shape index (κ2) is 6.12. The van der Waals surface area contributed by atoms with E-state index in [2.05, 4.69) is 9.97 Å². The lowest BCUT2D eigenvalue weighted by Crippen LogP contribution is -2.17. The van der Waals surface area contributed by atoms with Crippen LogP contribution in [-0.4, -0.2) is 27.8 Å². The summed E-state index contributed by atoms with van der Waals surface area (Å²) in [6.07, 6.45) is 3.35. The van der Waals surface area contributed by atoms with Crippen LogP contribution in [0.15, 0.2) is 24.5 Å². The topological polar surface area (TPSA) is 37.9 Å². The summed E-state index contributed by atoms with van der Waals surface area (Å²) in [4.78, 5) is 7.21. The van der Waals surface area contributed by atoms with Crippen LogP contribution in [0.1, 0.15) is 12.8 Å². The number of nitrogens with one attached hydrogen (secondary N) is 1. The van der Waals surface area contributed by atoms with Gasteiger partial charge >= 0.3 is 0 Å². The predicted molar refractivity (Wildman–Crippen MR) is 71.2 cm³/mol. The van der Waals surface area contributed by atoms with Crippen LogP contribution in [-0.2, 0) is 0 Å². The summed E-state index contributed by atoms with van der Waals surface area (Å²) in [6, 6.07) is 5.79. The summed E-state index contributed by atoms with van der Waals surface area (Å²) in [7, 11) is 0. The molecule has 0 saturated heterocycles. The smallest absolute Gasteiger partial charge is 0.121 e. The number of rotatable bonds is 6. The fourth-order valence-electron chi connectivity index (χ4n) is 1.69. The van der Waals surface area contributed by atoms with Crippen LogP contribution in [0.2, 0.25) is 0 Å². The number of benzene rings is 1. The van der Waals surface area contributed by atoms with E-state index in [1.165, 1.54) is 0 Å². The van der Waals surface area contributed by atoms with Crippen molar-refractivity contribution in [2.45, 2.75) is 18.9 Å². The van der Waals surface area contributed by atoms with Crippen molar-refractivity contribution in [3.05, 3.63) is 24.5 Å². The molecule has 0 spiro atoms. The molecular weight excluding hydrogens is 259 g/mol. The number of fused-ring (bicyclic) bond motifs is 1. The minimum Gasteiger partial charge on any atom is -0.490 e. The lowest BCUT2D eigenvalue weighted by Gasteiger charge is -2.17. The maximum atomic E-state index is 5.86. The van der Waals surface area contributed by atoms with Crippen molar-refractivity contribution in [3.8, 4) is 5.75 Å². The molecule has 1 heterocycles. The van der Waals surface area contributed by atoms with Crippen molar-refractivity contribution in [1.29, 1.82) is 0 Å². The zero-order chi connectivity index (χ0) is 12.1. The van der Waals surface area contributed by atoms with E-state index in [9.17, 15) is 0 Å². The molecule has 0 atom stereocenters. The Hall–Kier alpha value is -0.930. The first-order valence-electron chi connectivity index (χ1n) is 5.55. The van der Waals surface area contributed by atoms with Crippen LogP contribution < -0.4 is 4.74 Å². The number of halogens is 2. The molecule has 2 rings (SSSR count). The van der Waals surface area contributed by atoms with Crippen LogP contribution in [0, 0.1) is 0 Å². The molecule has 0 fully saturated rings. The van der Waals surface area contributed by atoms with E-state index >= 15 is 0 Å². The Morgan fingerprint density at radius 2 is 2.00 bits per heavy atom. The van der Waals surface area contributed by atoms with Gasteiger partial charge < -0.3 is 9.72 Å². The zero-order valence-electron chi connectivity index (χ0n) is 9.33. The molecule has 0 radical (unpaired) electrons. The fourth-order valence-corrected chi connectivity index (χ4v) is 2.17. The molecule has 92 valence electrons. The van der Waals surface area contributed by atoms with E-state index < -0.39 is 0 Å². The second-order valence-electron chi connectivity index (χ2n) is 3.78. The number of imidazole rings is 1. The molecule has 0 bridgehead atoms. The maximum Gasteiger partial charge on any atom is 0.121 e. The Morgan fingerprint density at radius 3 is 2.71 bits per heavy atom. The van der Waals surface area contributed by atoms with Gasteiger partial charge in [-0.05, 0) is 25.0 Å². The molecular formula is C12H14Cl2N2O. The van der Waals surface area contributed by atoms with Crippen molar-refractivity contribution in [1.82, 2.24) is 9.97 Å². The number of nitrogens with zero attached hydrogens (tertiary/aromatic N) is 1. The van der Waals surface area contributed by atoms with Crippen LogP contribution in [0.3, 0.4) is 0 Å². The van der Waals surface area contributed by atoms with E-state index in [1.54, 1.807) is 6.33 Å². The number of aromatic amines is 1. The third-order valence-electron chi connectivity index (χ3n) is 2.56. The third-order valence-corrected chi connectivity index (χ3v) is 2.99.